The summed E-state index contributed by atoms with van der Waals surface area (Å²) in [5.74, 6) is -1.44. The van der Waals surface area contributed by atoms with Crippen LogP contribution in [0.2, 0.25) is 0 Å². The van der Waals surface area contributed by atoms with Gasteiger partial charge >= 0.3 is 5.97 Å². The summed E-state index contributed by atoms with van der Waals surface area (Å²) in [6.45, 7) is 4.65. The number of hydrogen-bond acceptors (Lipinski definition) is 2. The van der Waals surface area contributed by atoms with E-state index in [2.05, 4.69) is 4.98 Å². The van der Waals surface area contributed by atoms with E-state index in [1.165, 1.54) is 0 Å². The summed E-state index contributed by atoms with van der Waals surface area (Å²) >= 11 is 0. The van der Waals surface area contributed by atoms with Crippen LogP contribution >= 0.6 is 0 Å². The highest BCUT2D eigenvalue weighted by molar-refractivity contribution is 5.98. The Morgan fingerprint density at radius 1 is 1.29 bits per heavy atom. The van der Waals surface area contributed by atoms with Crippen molar-refractivity contribution in [3.05, 3.63) is 35.5 Å². The molecule has 1 aliphatic rings. The van der Waals surface area contributed by atoms with Gasteiger partial charge in [-0.25, -0.2) is 0 Å². The Kier molecular flexibility index (Phi) is 3.20. The van der Waals surface area contributed by atoms with Crippen molar-refractivity contribution >= 4 is 22.8 Å². The molecule has 0 spiro atoms. The number of aromatic amines is 1. The number of carbonyl (C=O) groups is 2. The number of carbonyl (C=O) groups excluding carboxylic acids is 1. The second-order valence-corrected chi connectivity index (χ2v) is 5.91. The Bertz CT molecular complexity index is 719. The maximum Gasteiger partial charge on any atom is 0.308 e. The third kappa shape index (κ3) is 2.39. The predicted octanol–water partition coefficient (Wildman–Crippen LogP) is 2.27. The van der Waals surface area contributed by atoms with Crippen LogP contribution in [0.5, 0.6) is 0 Å². The van der Waals surface area contributed by atoms with Crippen LogP contribution in [0.4, 0.5) is 0 Å². The maximum atomic E-state index is 12.5. The molecule has 2 aromatic rings. The number of nitrogens with one attached hydrogen (secondary N) is 1. The minimum atomic E-state index is -0.829. The minimum absolute atomic E-state index is 0.0157. The first-order valence-corrected chi connectivity index (χ1v) is 7.07. The van der Waals surface area contributed by atoms with Crippen LogP contribution in [0, 0.1) is 18.8 Å². The zero-order chi connectivity index (χ0) is 15.1. The van der Waals surface area contributed by atoms with Gasteiger partial charge in [-0.3, -0.25) is 9.59 Å². The van der Waals surface area contributed by atoms with E-state index in [-0.39, 0.29) is 18.4 Å². The Morgan fingerprint density at radius 2 is 2.05 bits per heavy atom. The van der Waals surface area contributed by atoms with E-state index >= 15 is 0 Å². The molecule has 5 nitrogen and oxygen atoms in total. The van der Waals surface area contributed by atoms with E-state index in [1.54, 1.807) is 4.90 Å². The van der Waals surface area contributed by atoms with Gasteiger partial charge in [0, 0.05) is 24.0 Å². The number of likely N-dealkylation sites (tertiary alicyclic amines) is 1. The number of aromatic nitrogens is 1. The number of benzene rings is 1. The van der Waals surface area contributed by atoms with Crippen molar-refractivity contribution in [3.63, 3.8) is 0 Å². The number of H-pyrrole nitrogens is 1. The Labute approximate surface area is 122 Å². The van der Waals surface area contributed by atoms with E-state index in [0.29, 0.717) is 12.2 Å². The lowest BCUT2D eigenvalue weighted by Gasteiger charge is -2.14. The molecule has 1 fully saturated rings. The molecule has 110 valence electrons. The highest BCUT2D eigenvalue weighted by Gasteiger charge is 2.37. The monoisotopic (exact) mass is 286 g/mol. The Balaban J connectivity index is 1.86. The number of rotatable bonds is 2. The minimum Gasteiger partial charge on any atom is -0.481 e. The fraction of sp³-hybridized carbons (Fsp3) is 0.375. The summed E-state index contributed by atoms with van der Waals surface area (Å²) in [6, 6.07) is 7.81. The van der Waals surface area contributed by atoms with Crippen LogP contribution in [0.25, 0.3) is 10.9 Å². The van der Waals surface area contributed by atoms with Gasteiger partial charge in [-0.2, -0.15) is 0 Å². The highest BCUT2D eigenvalue weighted by Crippen LogP contribution is 2.25. The molecule has 0 radical (unpaired) electrons. The highest BCUT2D eigenvalue weighted by atomic mass is 16.4. The molecular formula is C16H18N2O3. The molecule has 1 amide bonds. The fourth-order valence-corrected chi connectivity index (χ4v) is 2.98. The second kappa shape index (κ2) is 4.91. The van der Waals surface area contributed by atoms with Gasteiger partial charge in [0.05, 0.1) is 5.92 Å². The molecular weight excluding hydrogens is 268 g/mol. The summed E-state index contributed by atoms with van der Waals surface area (Å²) < 4.78 is 0. The molecule has 1 saturated heterocycles. The molecule has 1 aromatic heterocycles. The van der Waals surface area contributed by atoms with E-state index < -0.39 is 11.9 Å². The van der Waals surface area contributed by atoms with Gasteiger partial charge in [-0.05, 0) is 30.5 Å². The zero-order valence-electron chi connectivity index (χ0n) is 12.1. The molecule has 0 unspecified atom stereocenters. The van der Waals surface area contributed by atoms with Crippen LogP contribution in [-0.2, 0) is 4.79 Å². The lowest BCUT2D eigenvalue weighted by atomic mass is 9.99. The largest absolute Gasteiger partial charge is 0.481 e. The van der Waals surface area contributed by atoms with Crippen LogP contribution in [0.3, 0.4) is 0 Å². The lowest BCUT2D eigenvalue weighted by Crippen LogP contribution is -2.30. The molecule has 2 N–H and O–H groups in total. The number of carboxylic acids is 1. The lowest BCUT2D eigenvalue weighted by molar-refractivity contribution is -0.142. The van der Waals surface area contributed by atoms with Gasteiger partial charge in [0.15, 0.2) is 0 Å². The van der Waals surface area contributed by atoms with Crippen molar-refractivity contribution in [3.8, 4) is 0 Å². The van der Waals surface area contributed by atoms with Gasteiger partial charge in [0.2, 0.25) is 0 Å². The van der Waals surface area contributed by atoms with Gasteiger partial charge in [-0.15, -0.1) is 0 Å². The van der Waals surface area contributed by atoms with Gasteiger partial charge in [0.25, 0.3) is 5.91 Å². The van der Waals surface area contributed by atoms with Crippen molar-refractivity contribution in [2.75, 3.05) is 13.1 Å². The van der Waals surface area contributed by atoms with Crippen molar-refractivity contribution in [2.45, 2.75) is 13.8 Å². The first-order chi connectivity index (χ1) is 9.95. The normalized spacial score (nSPS) is 21.9. The van der Waals surface area contributed by atoms with Crippen LogP contribution in [0.15, 0.2) is 24.3 Å². The number of aryl methyl sites for hydroxylation is 1. The summed E-state index contributed by atoms with van der Waals surface area (Å²) in [6.07, 6.45) is 0. The van der Waals surface area contributed by atoms with E-state index in [0.717, 1.165) is 16.5 Å². The molecule has 0 bridgehead atoms. The quantitative estimate of drug-likeness (QED) is 0.889. The van der Waals surface area contributed by atoms with E-state index in [9.17, 15) is 9.59 Å². The smallest absolute Gasteiger partial charge is 0.308 e. The average molecular weight is 286 g/mol. The van der Waals surface area contributed by atoms with Crippen LogP contribution in [0.1, 0.15) is 23.0 Å². The zero-order valence-corrected chi connectivity index (χ0v) is 12.1. The fourth-order valence-electron chi connectivity index (χ4n) is 2.98. The van der Waals surface area contributed by atoms with Crippen molar-refractivity contribution < 1.29 is 14.7 Å². The first-order valence-electron chi connectivity index (χ1n) is 7.07. The third-order valence-corrected chi connectivity index (χ3v) is 4.23. The van der Waals surface area contributed by atoms with Crippen molar-refractivity contribution in [2.24, 2.45) is 11.8 Å². The molecule has 0 saturated carbocycles. The molecule has 1 aliphatic heterocycles. The summed E-state index contributed by atoms with van der Waals surface area (Å²) in [5, 5.41) is 10.1. The number of aliphatic carboxylic acids is 1. The van der Waals surface area contributed by atoms with Crippen LogP contribution < -0.4 is 0 Å². The first kappa shape index (κ1) is 13.7. The summed E-state index contributed by atoms with van der Waals surface area (Å²) in [5.41, 5.74) is 2.58. The summed E-state index contributed by atoms with van der Waals surface area (Å²) in [7, 11) is 0. The topological polar surface area (TPSA) is 73.4 Å². The number of hydrogen-bond donors (Lipinski definition) is 2. The SMILES string of the molecule is Cc1ccc2cc(C(=O)N3C[C@@H](C)[C@H](C(=O)O)C3)[nH]c2c1. The molecule has 2 atom stereocenters. The number of fused-ring (bicyclic) bond motifs is 1. The second-order valence-electron chi connectivity index (χ2n) is 5.91. The van der Waals surface area contributed by atoms with E-state index in [1.807, 2.05) is 38.1 Å². The molecule has 21 heavy (non-hydrogen) atoms. The van der Waals surface area contributed by atoms with Crippen molar-refractivity contribution in [1.29, 1.82) is 0 Å². The maximum absolute atomic E-state index is 12.5. The number of nitrogens with zero attached hydrogens (tertiary/aromatic N) is 1. The molecule has 1 aromatic carbocycles. The number of amides is 1. The molecule has 5 heteroatoms. The van der Waals surface area contributed by atoms with Gasteiger partial charge in [0.1, 0.15) is 5.69 Å². The predicted molar refractivity (Wildman–Crippen MR) is 79.2 cm³/mol. The molecule has 3 rings (SSSR count). The van der Waals surface area contributed by atoms with E-state index in [4.69, 9.17) is 5.11 Å². The van der Waals surface area contributed by atoms with Gasteiger partial charge in [-0.1, -0.05) is 19.1 Å². The van der Waals surface area contributed by atoms with Crippen molar-refractivity contribution in [1.82, 2.24) is 9.88 Å². The molecule has 2 heterocycles. The average Bonchev–Trinajstić information content (AvgIpc) is 3.00. The number of carboxylic acid groups (broad SMARTS) is 1. The Hall–Kier alpha value is -2.30. The third-order valence-electron chi connectivity index (χ3n) is 4.23. The summed E-state index contributed by atoms with van der Waals surface area (Å²) in [4.78, 5) is 28.4. The molecule has 0 aliphatic carbocycles. The van der Waals surface area contributed by atoms with Gasteiger partial charge < -0.3 is 15.0 Å². The Morgan fingerprint density at radius 3 is 2.71 bits per heavy atom. The van der Waals surface area contributed by atoms with Crippen LogP contribution in [-0.4, -0.2) is 40.0 Å². The standard InChI is InChI=1S/C16H18N2O3/c1-9-3-4-11-6-14(17-13(11)5-9)15(19)18-7-10(2)12(8-18)16(20)21/h3-6,10,12,17H,7-8H2,1-2H3,(H,20,21)/t10-,12-/m1/s1.